The minimum absolute atomic E-state index is 0.211. The molecular weight excluding hydrogens is 402 g/mol. The van der Waals surface area contributed by atoms with E-state index in [-0.39, 0.29) is 5.91 Å². The number of aromatic nitrogens is 2. The molecule has 0 aliphatic carbocycles. The topological polar surface area (TPSA) is 65.4 Å². The van der Waals surface area contributed by atoms with Crippen LogP contribution in [0.1, 0.15) is 21.5 Å². The molecule has 0 fully saturated rings. The van der Waals surface area contributed by atoms with Gasteiger partial charge in [-0.15, -0.1) is 0 Å². The fourth-order valence-corrected chi connectivity index (χ4v) is 3.50. The summed E-state index contributed by atoms with van der Waals surface area (Å²) in [6.07, 6.45) is 1.99. The molecule has 1 amide bonds. The van der Waals surface area contributed by atoms with Gasteiger partial charge in [-0.2, -0.15) is 5.10 Å². The third kappa shape index (κ3) is 4.98. The molecule has 1 heterocycles. The molecular formula is C26H25N3O3. The lowest BCUT2D eigenvalue weighted by molar-refractivity contribution is 0.0950. The first-order chi connectivity index (χ1) is 15.7. The molecule has 4 aromatic rings. The van der Waals surface area contributed by atoms with Crippen LogP contribution < -0.4 is 14.8 Å². The van der Waals surface area contributed by atoms with E-state index >= 15 is 0 Å². The van der Waals surface area contributed by atoms with E-state index < -0.39 is 0 Å². The van der Waals surface area contributed by atoms with Gasteiger partial charge in [-0.25, -0.2) is 0 Å². The van der Waals surface area contributed by atoms with Gasteiger partial charge in [0.1, 0.15) is 11.5 Å². The van der Waals surface area contributed by atoms with Crippen molar-refractivity contribution in [1.29, 1.82) is 0 Å². The number of hydrogen-bond acceptors (Lipinski definition) is 4. The maximum Gasteiger partial charge on any atom is 0.251 e. The standard InChI is InChI=1S/C26H25N3O3/c1-31-23-13-21(14-24(15-23)32-2)26(30)27-16-22-18-29(17-19-9-5-3-6-10-19)28-25(22)20-11-7-4-8-12-20/h3-15,18H,16-17H2,1-2H3,(H,27,30). The largest absolute Gasteiger partial charge is 0.497 e. The zero-order valence-corrected chi connectivity index (χ0v) is 18.1. The van der Waals surface area contributed by atoms with E-state index in [4.69, 9.17) is 14.6 Å². The van der Waals surface area contributed by atoms with Crippen LogP contribution in [0.4, 0.5) is 0 Å². The number of nitrogens with one attached hydrogen (secondary N) is 1. The van der Waals surface area contributed by atoms with E-state index in [2.05, 4.69) is 17.4 Å². The van der Waals surface area contributed by atoms with Crippen LogP contribution in [-0.2, 0) is 13.1 Å². The maximum atomic E-state index is 12.9. The van der Waals surface area contributed by atoms with E-state index in [0.717, 1.165) is 22.4 Å². The van der Waals surface area contributed by atoms with Gasteiger partial charge in [0.25, 0.3) is 5.91 Å². The number of hydrogen-bond donors (Lipinski definition) is 1. The van der Waals surface area contributed by atoms with Gasteiger partial charge in [0.15, 0.2) is 0 Å². The lowest BCUT2D eigenvalue weighted by Gasteiger charge is -2.09. The molecule has 6 heteroatoms. The summed E-state index contributed by atoms with van der Waals surface area (Å²) in [4.78, 5) is 12.9. The molecule has 0 saturated heterocycles. The van der Waals surface area contributed by atoms with Gasteiger partial charge in [0.2, 0.25) is 0 Å². The molecule has 0 saturated carbocycles. The Morgan fingerprint density at radius 1 is 0.906 bits per heavy atom. The van der Waals surface area contributed by atoms with Crippen LogP contribution in [0.2, 0.25) is 0 Å². The molecule has 0 unspecified atom stereocenters. The lowest BCUT2D eigenvalue weighted by Crippen LogP contribution is -2.23. The first-order valence-corrected chi connectivity index (χ1v) is 10.3. The molecule has 0 bridgehead atoms. The predicted molar refractivity (Wildman–Crippen MR) is 124 cm³/mol. The SMILES string of the molecule is COc1cc(OC)cc(C(=O)NCc2cn(Cc3ccccc3)nc2-c2ccccc2)c1. The van der Waals surface area contributed by atoms with Crippen LogP contribution in [0.5, 0.6) is 11.5 Å². The number of rotatable bonds is 8. The van der Waals surface area contributed by atoms with Crippen LogP contribution in [0.15, 0.2) is 85.1 Å². The van der Waals surface area contributed by atoms with Gasteiger partial charge in [-0.3, -0.25) is 9.48 Å². The third-order valence-corrected chi connectivity index (χ3v) is 5.13. The molecule has 1 aromatic heterocycles. The van der Waals surface area contributed by atoms with Crippen LogP contribution >= 0.6 is 0 Å². The molecule has 162 valence electrons. The Balaban J connectivity index is 1.57. The smallest absolute Gasteiger partial charge is 0.251 e. The molecule has 6 nitrogen and oxygen atoms in total. The maximum absolute atomic E-state index is 12.9. The van der Waals surface area contributed by atoms with Crippen LogP contribution in [-0.4, -0.2) is 29.9 Å². The van der Waals surface area contributed by atoms with E-state index in [1.165, 1.54) is 0 Å². The number of carbonyl (C=O) groups is 1. The molecule has 3 aromatic carbocycles. The first kappa shape index (κ1) is 21.2. The summed E-state index contributed by atoms with van der Waals surface area (Å²) in [7, 11) is 3.12. The van der Waals surface area contributed by atoms with Crippen LogP contribution in [0, 0.1) is 0 Å². The van der Waals surface area contributed by atoms with E-state index in [1.807, 2.05) is 59.4 Å². The van der Waals surface area contributed by atoms with Crippen LogP contribution in [0.25, 0.3) is 11.3 Å². The molecule has 0 aliphatic heterocycles. The summed E-state index contributed by atoms with van der Waals surface area (Å²) in [6, 6.07) is 25.3. The molecule has 4 rings (SSSR count). The highest BCUT2D eigenvalue weighted by molar-refractivity contribution is 5.95. The summed E-state index contributed by atoms with van der Waals surface area (Å²) in [6.45, 7) is 0.999. The fourth-order valence-electron chi connectivity index (χ4n) is 3.50. The first-order valence-electron chi connectivity index (χ1n) is 10.3. The van der Waals surface area contributed by atoms with Crippen molar-refractivity contribution in [3.8, 4) is 22.8 Å². The normalized spacial score (nSPS) is 10.6. The second kappa shape index (κ2) is 9.83. The summed E-state index contributed by atoms with van der Waals surface area (Å²) < 4.78 is 12.5. The van der Waals surface area contributed by atoms with Gasteiger partial charge >= 0.3 is 0 Å². The van der Waals surface area contributed by atoms with E-state index in [9.17, 15) is 4.79 Å². The minimum Gasteiger partial charge on any atom is -0.497 e. The van der Waals surface area contributed by atoms with Crippen LogP contribution in [0.3, 0.4) is 0 Å². The third-order valence-electron chi connectivity index (χ3n) is 5.13. The minimum atomic E-state index is -0.211. The van der Waals surface area contributed by atoms with Crippen molar-refractivity contribution in [2.24, 2.45) is 0 Å². The van der Waals surface area contributed by atoms with Crippen molar-refractivity contribution >= 4 is 5.91 Å². The lowest BCUT2D eigenvalue weighted by atomic mass is 10.1. The number of methoxy groups -OCH3 is 2. The Bertz CT molecular complexity index is 1170. The Labute approximate surface area is 187 Å². The Kier molecular flexibility index (Phi) is 6.51. The average Bonchev–Trinajstić information content (AvgIpc) is 3.25. The Hall–Kier alpha value is -4.06. The number of carbonyl (C=O) groups excluding carboxylic acids is 1. The summed E-state index contributed by atoms with van der Waals surface area (Å²) in [5.41, 5.74) is 4.43. The monoisotopic (exact) mass is 427 g/mol. The highest BCUT2D eigenvalue weighted by Crippen LogP contribution is 2.24. The molecule has 0 radical (unpaired) electrons. The summed E-state index contributed by atoms with van der Waals surface area (Å²) >= 11 is 0. The number of benzene rings is 3. The van der Waals surface area contributed by atoms with Crippen molar-refractivity contribution in [2.75, 3.05) is 14.2 Å². The summed E-state index contributed by atoms with van der Waals surface area (Å²) in [5, 5.41) is 7.81. The number of amides is 1. The molecule has 0 atom stereocenters. The molecule has 0 aliphatic rings. The fraction of sp³-hybridized carbons (Fsp3) is 0.154. The Morgan fingerprint density at radius 3 is 2.16 bits per heavy atom. The number of nitrogens with zero attached hydrogens (tertiary/aromatic N) is 2. The van der Waals surface area contributed by atoms with Gasteiger partial charge in [-0.05, 0) is 17.7 Å². The van der Waals surface area contributed by atoms with Crippen molar-refractivity contribution in [3.63, 3.8) is 0 Å². The van der Waals surface area contributed by atoms with E-state index in [1.54, 1.807) is 32.4 Å². The number of ether oxygens (including phenoxy) is 2. The van der Waals surface area contributed by atoms with Gasteiger partial charge in [-0.1, -0.05) is 60.7 Å². The highest BCUT2D eigenvalue weighted by atomic mass is 16.5. The zero-order chi connectivity index (χ0) is 22.3. The van der Waals surface area contributed by atoms with E-state index in [0.29, 0.717) is 30.2 Å². The highest BCUT2D eigenvalue weighted by Gasteiger charge is 2.15. The average molecular weight is 428 g/mol. The van der Waals surface area contributed by atoms with Gasteiger partial charge in [0.05, 0.1) is 26.5 Å². The van der Waals surface area contributed by atoms with Gasteiger partial charge in [0, 0.05) is 35.5 Å². The molecule has 0 spiro atoms. The van der Waals surface area contributed by atoms with Gasteiger partial charge < -0.3 is 14.8 Å². The quantitative estimate of drug-likeness (QED) is 0.448. The zero-order valence-electron chi connectivity index (χ0n) is 18.1. The summed E-state index contributed by atoms with van der Waals surface area (Å²) in [5.74, 6) is 0.919. The molecule has 32 heavy (non-hydrogen) atoms. The van der Waals surface area contributed by atoms with Crippen molar-refractivity contribution in [3.05, 3.63) is 102 Å². The predicted octanol–water partition coefficient (Wildman–Crippen LogP) is 4.55. The van der Waals surface area contributed by atoms with Crippen molar-refractivity contribution < 1.29 is 14.3 Å². The second-order valence-corrected chi connectivity index (χ2v) is 7.34. The molecule has 1 N–H and O–H groups in total. The Morgan fingerprint density at radius 2 is 1.53 bits per heavy atom. The van der Waals surface area contributed by atoms with Crippen molar-refractivity contribution in [1.82, 2.24) is 15.1 Å². The second-order valence-electron chi connectivity index (χ2n) is 7.34. The van der Waals surface area contributed by atoms with Crippen molar-refractivity contribution in [2.45, 2.75) is 13.1 Å².